The third-order valence-electron chi connectivity index (χ3n) is 5.02. The molecule has 2 aromatic rings. The smallest absolute Gasteiger partial charge is 0.317 e. The lowest BCUT2D eigenvalue weighted by Gasteiger charge is -2.32. The number of hydrogen-bond donors (Lipinski definition) is 1. The summed E-state index contributed by atoms with van der Waals surface area (Å²) >= 11 is 9.50. The number of carbonyl (C=O) groups excluding carboxylic acids is 1. The molecule has 0 radical (unpaired) electrons. The van der Waals surface area contributed by atoms with Crippen molar-refractivity contribution < 1.29 is 9.53 Å². The second-order valence-corrected chi connectivity index (χ2v) is 8.45. The Morgan fingerprint density at radius 3 is 2.64 bits per heavy atom. The number of halogens is 2. The molecule has 0 aromatic heterocycles. The van der Waals surface area contributed by atoms with Gasteiger partial charge in [-0.1, -0.05) is 57.9 Å². The Labute approximate surface area is 180 Å². The maximum atomic E-state index is 12.3. The number of urea groups is 1. The van der Waals surface area contributed by atoms with Gasteiger partial charge in [0.25, 0.3) is 0 Å². The molecule has 0 unspecified atom stereocenters. The van der Waals surface area contributed by atoms with E-state index in [2.05, 4.69) is 51.6 Å². The van der Waals surface area contributed by atoms with Crippen molar-refractivity contribution in [1.29, 1.82) is 0 Å². The molecule has 1 aliphatic rings. The average molecular weight is 466 g/mol. The highest BCUT2D eigenvalue weighted by Gasteiger charge is 2.22. The Hall–Kier alpha value is -1.72. The van der Waals surface area contributed by atoms with Crippen LogP contribution in [-0.2, 0) is 6.42 Å². The van der Waals surface area contributed by atoms with Crippen LogP contribution in [0.15, 0.2) is 53.0 Å². The van der Waals surface area contributed by atoms with Gasteiger partial charge in [0.05, 0.1) is 11.6 Å². The van der Waals surface area contributed by atoms with Gasteiger partial charge in [-0.2, -0.15) is 0 Å². The Bertz CT molecular complexity index is 764. The lowest BCUT2D eigenvalue weighted by Crippen LogP contribution is -2.45. The van der Waals surface area contributed by atoms with E-state index in [1.165, 1.54) is 5.56 Å². The van der Waals surface area contributed by atoms with E-state index in [1.807, 2.05) is 17.0 Å². The van der Waals surface area contributed by atoms with Crippen LogP contribution in [0.4, 0.5) is 4.79 Å². The first-order valence-electron chi connectivity index (χ1n) is 9.76. The number of nitrogens with zero attached hydrogens (tertiary/aromatic N) is 1. The molecule has 3 rings (SSSR count). The summed E-state index contributed by atoms with van der Waals surface area (Å²) in [6.07, 6.45) is 3.97. The van der Waals surface area contributed by atoms with Gasteiger partial charge < -0.3 is 15.0 Å². The van der Waals surface area contributed by atoms with Crippen LogP contribution < -0.4 is 10.1 Å². The predicted octanol–water partition coefficient (Wildman–Crippen LogP) is 5.54. The van der Waals surface area contributed by atoms with Crippen molar-refractivity contribution in [2.24, 2.45) is 5.92 Å². The van der Waals surface area contributed by atoms with Crippen LogP contribution in [0.5, 0.6) is 5.75 Å². The fourth-order valence-electron chi connectivity index (χ4n) is 3.44. The van der Waals surface area contributed by atoms with Crippen LogP contribution in [0.2, 0.25) is 5.02 Å². The van der Waals surface area contributed by atoms with E-state index >= 15 is 0 Å². The van der Waals surface area contributed by atoms with Crippen LogP contribution in [0, 0.1) is 5.92 Å². The molecule has 0 saturated carbocycles. The molecule has 2 aromatic carbocycles. The van der Waals surface area contributed by atoms with Crippen molar-refractivity contribution in [2.45, 2.75) is 25.7 Å². The van der Waals surface area contributed by atoms with E-state index in [-0.39, 0.29) is 6.03 Å². The number of nitrogens with one attached hydrogen (secondary N) is 1. The topological polar surface area (TPSA) is 41.6 Å². The Kier molecular flexibility index (Phi) is 8.04. The van der Waals surface area contributed by atoms with Gasteiger partial charge in [-0.05, 0) is 55.4 Å². The van der Waals surface area contributed by atoms with E-state index < -0.39 is 0 Å². The van der Waals surface area contributed by atoms with E-state index in [0.29, 0.717) is 29.8 Å². The number of benzene rings is 2. The number of rotatable bonds is 7. The normalized spacial score (nSPS) is 14.7. The number of hydrogen-bond acceptors (Lipinski definition) is 2. The number of likely N-dealkylation sites (tertiary alicyclic amines) is 1. The second-order valence-electron chi connectivity index (χ2n) is 7.13. The maximum Gasteiger partial charge on any atom is 0.317 e. The molecule has 0 aliphatic carbocycles. The van der Waals surface area contributed by atoms with Crippen LogP contribution >= 0.6 is 27.5 Å². The summed E-state index contributed by atoms with van der Waals surface area (Å²) in [4.78, 5) is 14.3. The molecule has 0 bridgehead atoms. The summed E-state index contributed by atoms with van der Waals surface area (Å²) in [6.45, 7) is 2.76. The fourth-order valence-corrected chi connectivity index (χ4v) is 4.17. The first-order valence-corrected chi connectivity index (χ1v) is 10.9. The molecule has 1 fully saturated rings. The van der Waals surface area contributed by atoms with Gasteiger partial charge in [0.1, 0.15) is 5.75 Å². The molecule has 2 amide bonds. The standard InChI is InChI=1S/C22H26BrClN2O2/c23-19-7-8-21(20(24)16-19)28-14-4-11-25-22(27)26-12-9-18(10-13-26)15-17-5-2-1-3-6-17/h1-3,5-8,16,18H,4,9-15H2,(H,25,27). The number of amides is 2. The Morgan fingerprint density at radius 1 is 1.18 bits per heavy atom. The largest absolute Gasteiger partial charge is 0.492 e. The fraction of sp³-hybridized carbons (Fsp3) is 0.409. The van der Waals surface area contributed by atoms with E-state index in [1.54, 1.807) is 6.07 Å². The van der Waals surface area contributed by atoms with Gasteiger partial charge in [0.2, 0.25) is 0 Å². The second kappa shape index (κ2) is 10.7. The number of carbonyl (C=O) groups is 1. The molecule has 6 heteroatoms. The Balaban J connectivity index is 1.30. The van der Waals surface area contributed by atoms with Crippen molar-refractivity contribution in [1.82, 2.24) is 10.2 Å². The van der Waals surface area contributed by atoms with Gasteiger partial charge in [0.15, 0.2) is 0 Å². The zero-order valence-electron chi connectivity index (χ0n) is 15.9. The van der Waals surface area contributed by atoms with Crippen molar-refractivity contribution in [3.8, 4) is 5.75 Å². The van der Waals surface area contributed by atoms with Gasteiger partial charge in [0, 0.05) is 24.1 Å². The zero-order valence-corrected chi connectivity index (χ0v) is 18.2. The molecular formula is C22H26BrClN2O2. The summed E-state index contributed by atoms with van der Waals surface area (Å²) in [5.74, 6) is 1.33. The van der Waals surface area contributed by atoms with Gasteiger partial charge in [-0.3, -0.25) is 0 Å². The summed E-state index contributed by atoms with van der Waals surface area (Å²) in [5, 5.41) is 3.57. The number of piperidine rings is 1. The molecule has 1 saturated heterocycles. The first kappa shape index (κ1) is 21.0. The zero-order chi connectivity index (χ0) is 19.8. The SMILES string of the molecule is O=C(NCCCOc1ccc(Br)cc1Cl)N1CCC(Cc2ccccc2)CC1. The molecule has 1 N–H and O–H groups in total. The van der Waals surface area contributed by atoms with Crippen LogP contribution in [-0.4, -0.2) is 37.2 Å². The highest BCUT2D eigenvalue weighted by atomic mass is 79.9. The first-order chi connectivity index (χ1) is 13.6. The molecule has 0 atom stereocenters. The van der Waals surface area contributed by atoms with Crippen LogP contribution in [0.25, 0.3) is 0 Å². The molecule has 1 aliphatic heterocycles. The molecule has 1 heterocycles. The van der Waals surface area contributed by atoms with Gasteiger partial charge in [-0.25, -0.2) is 4.79 Å². The van der Waals surface area contributed by atoms with Crippen molar-refractivity contribution in [3.63, 3.8) is 0 Å². The monoisotopic (exact) mass is 464 g/mol. The van der Waals surface area contributed by atoms with E-state index in [9.17, 15) is 4.79 Å². The third kappa shape index (κ3) is 6.42. The summed E-state index contributed by atoms with van der Waals surface area (Å²) < 4.78 is 6.59. The summed E-state index contributed by atoms with van der Waals surface area (Å²) in [6, 6.07) is 16.2. The molecule has 0 spiro atoms. The van der Waals surface area contributed by atoms with Crippen LogP contribution in [0.3, 0.4) is 0 Å². The highest BCUT2D eigenvalue weighted by Crippen LogP contribution is 2.27. The minimum absolute atomic E-state index is 0.0276. The molecule has 150 valence electrons. The third-order valence-corrected chi connectivity index (χ3v) is 5.81. The van der Waals surface area contributed by atoms with E-state index in [0.717, 1.165) is 43.2 Å². The lowest BCUT2D eigenvalue weighted by molar-refractivity contribution is 0.169. The summed E-state index contributed by atoms with van der Waals surface area (Å²) in [5.41, 5.74) is 1.39. The Morgan fingerprint density at radius 2 is 1.93 bits per heavy atom. The molecular weight excluding hydrogens is 440 g/mol. The minimum Gasteiger partial charge on any atom is -0.492 e. The van der Waals surface area contributed by atoms with Crippen molar-refractivity contribution in [2.75, 3.05) is 26.2 Å². The van der Waals surface area contributed by atoms with Gasteiger partial charge in [-0.15, -0.1) is 0 Å². The highest BCUT2D eigenvalue weighted by molar-refractivity contribution is 9.10. The average Bonchev–Trinajstić information content (AvgIpc) is 2.70. The number of ether oxygens (including phenoxy) is 1. The van der Waals surface area contributed by atoms with Crippen molar-refractivity contribution >= 4 is 33.6 Å². The van der Waals surface area contributed by atoms with Crippen LogP contribution in [0.1, 0.15) is 24.8 Å². The van der Waals surface area contributed by atoms with Crippen molar-refractivity contribution in [3.05, 3.63) is 63.6 Å². The predicted molar refractivity (Wildman–Crippen MR) is 117 cm³/mol. The molecule has 28 heavy (non-hydrogen) atoms. The van der Waals surface area contributed by atoms with E-state index in [4.69, 9.17) is 16.3 Å². The minimum atomic E-state index is 0.0276. The molecule has 4 nitrogen and oxygen atoms in total. The maximum absolute atomic E-state index is 12.3. The summed E-state index contributed by atoms with van der Waals surface area (Å²) in [7, 11) is 0. The quantitative estimate of drug-likeness (QED) is 0.546. The van der Waals surface area contributed by atoms with Gasteiger partial charge >= 0.3 is 6.03 Å². The lowest BCUT2D eigenvalue weighted by atomic mass is 9.90.